The number of aromatic nitrogens is 1. The van der Waals surface area contributed by atoms with Crippen molar-refractivity contribution in [3.8, 4) is 11.4 Å². The molecule has 2 N–H and O–H groups in total. The van der Waals surface area contributed by atoms with Gasteiger partial charge in [-0.25, -0.2) is 14.1 Å². The third-order valence-electron chi connectivity index (χ3n) is 5.50. The standard InChI is InChI=1S/C25H23FN4O4/c1-15-12-17(16(2)30(15)19-10-8-18(26)9-11-19)13-21-24(32)29(25(33)28-21)14-23(31)27-20-6-4-5-7-22(20)34-3/h4-13H,14H2,1-3H3,(H,27,31)(H,28,33)/b21-13+. The largest absolute Gasteiger partial charge is 0.495 e. The van der Waals surface area contributed by atoms with Crippen LogP contribution in [0, 0.1) is 19.7 Å². The first kappa shape index (κ1) is 22.8. The number of methoxy groups -OCH3 is 1. The summed E-state index contributed by atoms with van der Waals surface area (Å²) in [5.41, 5.74) is 3.68. The zero-order valence-corrected chi connectivity index (χ0v) is 18.9. The van der Waals surface area contributed by atoms with Crippen molar-refractivity contribution in [2.24, 2.45) is 0 Å². The first-order valence-corrected chi connectivity index (χ1v) is 10.5. The molecule has 0 unspecified atom stereocenters. The first-order valence-electron chi connectivity index (χ1n) is 10.5. The van der Waals surface area contributed by atoms with Gasteiger partial charge in [0.05, 0.1) is 12.8 Å². The third kappa shape index (κ3) is 4.40. The van der Waals surface area contributed by atoms with E-state index in [1.54, 1.807) is 42.5 Å². The highest BCUT2D eigenvalue weighted by molar-refractivity contribution is 6.16. The second kappa shape index (κ2) is 9.22. The third-order valence-corrected chi connectivity index (χ3v) is 5.50. The van der Waals surface area contributed by atoms with Crippen molar-refractivity contribution >= 4 is 29.6 Å². The molecule has 4 amide bonds. The summed E-state index contributed by atoms with van der Waals surface area (Å²) in [5.74, 6) is -1.01. The minimum atomic E-state index is -0.682. The minimum absolute atomic E-state index is 0.0643. The predicted molar refractivity (Wildman–Crippen MR) is 125 cm³/mol. The number of benzene rings is 2. The second-order valence-electron chi connectivity index (χ2n) is 7.77. The highest BCUT2D eigenvalue weighted by atomic mass is 19.1. The summed E-state index contributed by atoms with van der Waals surface area (Å²) in [4.78, 5) is 38.6. The van der Waals surface area contributed by atoms with Crippen molar-refractivity contribution in [3.05, 3.63) is 83.1 Å². The van der Waals surface area contributed by atoms with Crippen LogP contribution in [0.15, 0.2) is 60.3 Å². The Labute approximate surface area is 195 Å². The molecule has 0 atom stereocenters. The summed E-state index contributed by atoms with van der Waals surface area (Å²) in [6, 6.07) is 14.1. The van der Waals surface area contributed by atoms with Crippen molar-refractivity contribution in [1.82, 2.24) is 14.8 Å². The van der Waals surface area contributed by atoms with Crippen molar-refractivity contribution in [2.45, 2.75) is 13.8 Å². The number of halogens is 1. The van der Waals surface area contributed by atoms with Gasteiger partial charge in [0.15, 0.2) is 0 Å². The molecule has 34 heavy (non-hydrogen) atoms. The minimum Gasteiger partial charge on any atom is -0.495 e. The first-order chi connectivity index (χ1) is 16.3. The lowest BCUT2D eigenvalue weighted by atomic mass is 10.2. The van der Waals surface area contributed by atoms with Crippen LogP contribution < -0.4 is 15.4 Å². The van der Waals surface area contributed by atoms with E-state index in [0.29, 0.717) is 17.0 Å². The lowest BCUT2D eigenvalue weighted by molar-refractivity contribution is -0.127. The molecule has 4 rings (SSSR count). The lowest BCUT2D eigenvalue weighted by Gasteiger charge is -2.13. The van der Waals surface area contributed by atoms with E-state index in [2.05, 4.69) is 10.6 Å². The zero-order valence-electron chi connectivity index (χ0n) is 18.9. The van der Waals surface area contributed by atoms with Gasteiger partial charge in [0, 0.05) is 17.1 Å². The average Bonchev–Trinajstić information content (AvgIpc) is 3.24. The molecule has 0 bridgehead atoms. The predicted octanol–water partition coefficient (Wildman–Crippen LogP) is 3.77. The van der Waals surface area contributed by atoms with Crippen molar-refractivity contribution in [2.75, 3.05) is 19.0 Å². The van der Waals surface area contributed by atoms with Gasteiger partial charge in [0.25, 0.3) is 5.91 Å². The van der Waals surface area contributed by atoms with Crippen LogP contribution in [0.4, 0.5) is 14.9 Å². The van der Waals surface area contributed by atoms with E-state index in [0.717, 1.165) is 22.0 Å². The number of amides is 4. The maximum absolute atomic E-state index is 13.3. The number of urea groups is 1. The summed E-state index contributed by atoms with van der Waals surface area (Å²) in [6.45, 7) is 3.30. The van der Waals surface area contributed by atoms with E-state index < -0.39 is 24.4 Å². The van der Waals surface area contributed by atoms with E-state index in [9.17, 15) is 18.8 Å². The van der Waals surface area contributed by atoms with Gasteiger partial charge in [-0.1, -0.05) is 12.1 Å². The smallest absolute Gasteiger partial charge is 0.329 e. The molecule has 1 saturated heterocycles. The van der Waals surface area contributed by atoms with Crippen LogP contribution in [-0.2, 0) is 9.59 Å². The molecule has 0 spiro atoms. The molecule has 0 saturated carbocycles. The fourth-order valence-electron chi connectivity index (χ4n) is 3.87. The monoisotopic (exact) mass is 462 g/mol. The molecule has 0 radical (unpaired) electrons. The van der Waals surface area contributed by atoms with Crippen LogP contribution in [0.2, 0.25) is 0 Å². The summed E-state index contributed by atoms with van der Waals surface area (Å²) in [6.07, 6.45) is 1.57. The number of ether oxygens (including phenoxy) is 1. The SMILES string of the molecule is COc1ccccc1NC(=O)CN1C(=O)N/C(=C/c2cc(C)n(-c3ccc(F)cc3)c2C)C1=O. The Kier molecular flexibility index (Phi) is 6.18. The molecule has 9 heteroatoms. The zero-order chi connectivity index (χ0) is 24.4. The van der Waals surface area contributed by atoms with Gasteiger partial charge in [-0.05, 0) is 68.0 Å². The molecule has 8 nitrogen and oxygen atoms in total. The Morgan fingerprint density at radius 1 is 1.12 bits per heavy atom. The van der Waals surface area contributed by atoms with Gasteiger partial charge in [0.2, 0.25) is 5.91 Å². The van der Waals surface area contributed by atoms with E-state index in [4.69, 9.17) is 4.74 Å². The molecule has 174 valence electrons. The molecule has 2 heterocycles. The number of anilines is 1. The molecule has 0 aliphatic carbocycles. The fraction of sp³-hybridized carbons (Fsp3) is 0.160. The molecule has 3 aromatic rings. The number of nitrogens with one attached hydrogen (secondary N) is 2. The molecule has 2 aromatic carbocycles. The highest BCUT2D eigenvalue weighted by Gasteiger charge is 2.35. The Morgan fingerprint density at radius 3 is 2.53 bits per heavy atom. The average molecular weight is 462 g/mol. The van der Waals surface area contributed by atoms with Crippen molar-refractivity contribution in [1.29, 1.82) is 0 Å². The molecule has 1 fully saturated rings. The number of hydrogen-bond donors (Lipinski definition) is 2. The van der Waals surface area contributed by atoms with E-state index in [-0.39, 0.29) is 11.5 Å². The Bertz CT molecular complexity index is 1310. The highest BCUT2D eigenvalue weighted by Crippen LogP contribution is 2.25. The number of carbonyl (C=O) groups is 3. The van der Waals surface area contributed by atoms with Crippen LogP contribution in [0.3, 0.4) is 0 Å². The van der Waals surface area contributed by atoms with Crippen molar-refractivity contribution in [3.63, 3.8) is 0 Å². The topological polar surface area (TPSA) is 92.7 Å². The van der Waals surface area contributed by atoms with Gasteiger partial charge < -0.3 is 19.9 Å². The number of carbonyl (C=O) groups excluding carboxylic acids is 3. The number of aryl methyl sites for hydroxylation is 1. The Hall–Kier alpha value is -4.40. The van der Waals surface area contributed by atoms with Gasteiger partial charge in [-0.15, -0.1) is 0 Å². The summed E-state index contributed by atoms with van der Waals surface area (Å²) in [5, 5.41) is 5.18. The fourth-order valence-corrected chi connectivity index (χ4v) is 3.87. The number of para-hydroxylation sites is 2. The summed E-state index contributed by atoms with van der Waals surface area (Å²) < 4.78 is 20.4. The number of hydrogen-bond acceptors (Lipinski definition) is 4. The van der Waals surface area contributed by atoms with Gasteiger partial charge in [-0.2, -0.15) is 0 Å². The Balaban J connectivity index is 1.53. The maximum atomic E-state index is 13.3. The molecule has 1 aliphatic heterocycles. The van der Waals surface area contributed by atoms with Crippen LogP contribution in [0.5, 0.6) is 5.75 Å². The second-order valence-corrected chi connectivity index (χ2v) is 7.77. The van der Waals surface area contributed by atoms with Crippen LogP contribution in [0.1, 0.15) is 17.0 Å². The van der Waals surface area contributed by atoms with Gasteiger partial charge in [0.1, 0.15) is 23.8 Å². The Morgan fingerprint density at radius 2 is 1.82 bits per heavy atom. The maximum Gasteiger partial charge on any atom is 0.329 e. The number of nitrogens with zero attached hydrogens (tertiary/aromatic N) is 2. The van der Waals surface area contributed by atoms with Crippen LogP contribution in [-0.4, -0.2) is 41.0 Å². The number of rotatable bonds is 6. The van der Waals surface area contributed by atoms with E-state index in [1.807, 2.05) is 24.5 Å². The molecular weight excluding hydrogens is 439 g/mol. The van der Waals surface area contributed by atoms with E-state index in [1.165, 1.54) is 19.2 Å². The molecule has 1 aromatic heterocycles. The van der Waals surface area contributed by atoms with Crippen molar-refractivity contribution < 1.29 is 23.5 Å². The summed E-state index contributed by atoms with van der Waals surface area (Å²) in [7, 11) is 1.48. The van der Waals surface area contributed by atoms with E-state index >= 15 is 0 Å². The van der Waals surface area contributed by atoms with Crippen LogP contribution >= 0.6 is 0 Å². The quantitative estimate of drug-likeness (QED) is 0.431. The normalized spacial score (nSPS) is 14.5. The summed E-state index contributed by atoms with van der Waals surface area (Å²) >= 11 is 0. The molecule has 1 aliphatic rings. The van der Waals surface area contributed by atoms with Gasteiger partial charge >= 0.3 is 6.03 Å². The lowest BCUT2D eigenvalue weighted by Crippen LogP contribution is -2.38. The van der Waals surface area contributed by atoms with Gasteiger partial charge in [-0.3, -0.25) is 9.59 Å². The number of imide groups is 1. The molecular formula is C25H23FN4O4. The van der Waals surface area contributed by atoms with Crippen LogP contribution in [0.25, 0.3) is 11.8 Å².